The van der Waals surface area contributed by atoms with Gasteiger partial charge in [-0.25, -0.2) is 8.42 Å². The molecule has 1 fully saturated rings. The Morgan fingerprint density at radius 1 is 0.930 bits per heavy atom. The van der Waals surface area contributed by atoms with Crippen LogP contribution in [0.5, 0.6) is 5.75 Å². The highest BCUT2D eigenvalue weighted by Gasteiger charge is 2.35. The number of carbonyl (C=O) groups excluding carboxylic acids is 2. The monoisotopic (exact) mass is 665 g/mol. The second-order valence-electron chi connectivity index (χ2n) is 10.6. The summed E-state index contributed by atoms with van der Waals surface area (Å²) in [6, 6.07) is 18.3. The number of halogens is 3. The average molecular weight is 667 g/mol. The number of benzene rings is 3. The van der Waals surface area contributed by atoms with Gasteiger partial charge in [-0.05, 0) is 48.2 Å². The van der Waals surface area contributed by atoms with Crippen molar-refractivity contribution in [3.8, 4) is 5.75 Å². The lowest BCUT2D eigenvalue weighted by Gasteiger charge is -2.34. The van der Waals surface area contributed by atoms with E-state index in [2.05, 4.69) is 5.32 Å². The van der Waals surface area contributed by atoms with E-state index in [1.54, 1.807) is 25.3 Å². The number of hydrogen-bond acceptors (Lipinski definition) is 5. The number of rotatable bonds is 12. The number of anilines is 1. The maximum Gasteiger partial charge on any atom is 0.244 e. The Kier molecular flexibility index (Phi) is 11.2. The highest BCUT2D eigenvalue weighted by molar-refractivity contribution is 7.92. The first-order chi connectivity index (χ1) is 20.5. The van der Waals surface area contributed by atoms with Crippen molar-refractivity contribution < 1.29 is 22.7 Å². The van der Waals surface area contributed by atoms with Crippen LogP contribution in [0.3, 0.4) is 0 Å². The SMILES string of the molecule is COc1cccc(CN(C(=O)CN(c2cc(Cl)c(Cl)cc2Cl)S(C)(=O)=O)C(Cc2ccccc2)C(=O)NC2CCCC2)c1. The first-order valence-corrected chi connectivity index (χ1v) is 16.8. The molecule has 1 aliphatic rings. The molecule has 4 rings (SSSR count). The van der Waals surface area contributed by atoms with Gasteiger partial charge in [-0.3, -0.25) is 13.9 Å². The molecule has 0 heterocycles. The molecular formula is C31H34Cl3N3O5S. The van der Waals surface area contributed by atoms with Gasteiger partial charge in [0.25, 0.3) is 0 Å². The minimum Gasteiger partial charge on any atom is -0.497 e. The molecule has 12 heteroatoms. The highest BCUT2D eigenvalue weighted by Crippen LogP contribution is 2.36. The van der Waals surface area contributed by atoms with Crippen molar-refractivity contribution >= 4 is 62.3 Å². The van der Waals surface area contributed by atoms with E-state index in [4.69, 9.17) is 39.5 Å². The number of nitrogens with zero attached hydrogens (tertiary/aromatic N) is 2. The standard InChI is InChI=1S/C31H34Cl3N3O5S/c1-42-24-14-8-11-22(15-24)19-36(29(16-21-9-4-3-5-10-21)31(39)35-23-12-6-7-13-23)30(38)20-37(43(2,40)41)28-18-26(33)25(32)17-27(28)34/h3-5,8-11,14-15,17-18,23,29H,6-7,12-13,16,19-20H2,1-2H3,(H,35,39). The van der Waals surface area contributed by atoms with Crippen LogP contribution >= 0.6 is 34.8 Å². The van der Waals surface area contributed by atoms with Crippen LogP contribution in [0, 0.1) is 0 Å². The van der Waals surface area contributed by atoms with Crippen molar-refractivity contribution in [2.45, 2.75) is 50.7 Å². The van der Waals surface area contributed by atoms with E-state index in [-0.39, 0.29) is 45.7 Å². The van der Waals surface area contributed by atoms with Crippen molar-refractivity contribution in [3.63, 3.8) is 0 Å². The lowest BCUT2D eigenvalue weighted by atomic mass is 10.0. The van der Waals surface area contributed by atoms with Gasteiger partial charge in [-0.15, -0.1) is 0 Å². The number of amides is 2. The molecule has 0 saturated heterocycles. The largest absolute Gasteiger partial charge is 0.497 e. The highest BCUT2D eigenvalue weighted by atomic mass is 35.5. The van der Waals surface area contributed by atoms with Gasteiger partial charge in [0.05, 0.1) is 34.1 Å². The van der Waals surface area contributed by atoms with Crippen molar-refractivity contribution in [3.05, 3.63) is 92.9 Å². The molecule has 1 aliphatic carbocycles. The second kappa shape index (κ2) is 14.7. The smallest absolute Gasteiger partial charge is 0.244 e. The molecule has 1 unspecified atom stereocenters. The summed E-state index contributed by atoms with van der Waals surface area (Å²) in [5, 5.41) is 3.36. The summed E-state index contributed by atoms with van der Waals surface area (Å²) in [4.78, 5) is 29.6. The van der Waals surface area contributed by atoms with Crippen LogP contribution in [0.1, 0.15) is 36.8 Å². The maximum atomic E-state index is 14.3. The molecular weight excluding hydrogens is 633 g/mol. The molecule has 0 radical (unpaired) electrons. The minimum atomic E-state index is -4.03. The fraction of sp³-hybridized carbons (Fsp3) is 0.355. The lowest BCUT2D eigenvalue weighted by molar-refractivity contribution is -0.140. The van der Waals surface area contributed by atoms with E-state index in [1.165, 1.54) is 17.0 Å². The summed E-state index contributed by atoms with van der Waals surface area (Å²) in [5.41, 5.74) is 1.56. The van der Waals surface area contributed by atoms with Crippen molar-refractivity contribution in [1.29, 1.82) is 0 Å². The van der Waals surface area contributed by atoms with E-state index in [0.29, 0.717) is 11.3 Å². The summed E-state index contributed by atoms with van der Waals surface area (Å²) < 4.78 is 32.3. The average Bonchev–Trinajstić information content (AvgIpc) is 3.48. The van der Waals surface area contributed by atoms with Gasteiger partial charge < -0.3 is 15.0 Å². The van der Waals surface area contributed by atoms with Gasteiger partial charge in [-0.1, -0.05) is 90.1 Å². The van der Waals surface area contributed by atoms with Crippen molar-refractivity contribution in [2.75, 3.05) is 24.2 Å². The van der Waals surface area contributed by atoms with Crippen LogP contribution in [0.2, 0.25) is 15.1 Å². The molecule has 0 aliphatic heterocycles. The number of carbonyl (C=O) groups is 2. The molecule has 8 nitrogen and oxygen atoms in total. The molecule has 2 amide bonds. The van der Waals surface area contributed by atoms with Crippen LogP contribution in [-0.4, -0.2) is 57.1 Å². The summed E-state index contributed by atoms with van der Waals surface area (Å²) in [6.45, 7) is -0.596. The number of hydrogen-bond donors (Lipinski definition) is 1. The quantitative estimate of drug-likeness (QED) is 0.235. The Labute approximate surface area is 267 Å². The Morgan fingerprint density at radius 2 is 1.58 bits per heavy atom. The molecule has 3 aromatic carbocycles. The first kappa shape index (κ1) is 32.9. The zero-order chi connectivity index (χ0) is 31.1. The van der Waals surface area contributed by atoms with Crippen LogP contribution in [0.25, 0.3) is 0 Å². The Morgan fingerprint density at radius 3 is 2.23 bits per heavy atom. The Hall–Kier alpha value is -2.98. The summed E-state index contributed by atoms with van der Waals surface area (Å²) in [5.74, 6) is -0.316. The maximum absolute atomic E-state index is 14.3. The van der Waals surface area contributed by atoms with E-state index >= 15 is 0 Å². The minimum absolute atomic E-state index is 0.00302. The number of ether oxygens (including phenoxy) is 1. The van der Waals surface area contributed by atoms with E-state index in [0.717, 1.165) is 41.8 Å². The molecule has 0 spiro atoms. The third-order valence-corrected chi connectivity index (χ3v) is 9.55. The van der Waals surface area contributed by atoms with Gasteiger partial charge in [-0.2, -0.15) is 0 Å². The topological polar surface area (TPSA) is 96.0 Å². The first-order valence-electron chi connectivity index (χ1n) is 13.8. The third kappa shape index (κ3) is 8.79. The number of methoxy groups -OCH3 is 1. The number of nitrogens with one attached hydrogen (secondary N) is 1. The van der Waals surface area contributed by atoms with E-state index in [1.807, 2.05) is 36.4 Å². The molecule has 1 saturated carbocycles. The van der Waals surface area contributed by atoms with E-state index < -0.39 is 28.5 Å². The van der Waals surface area contributed by atoms with Gasteiger partial charge in [0.15, 0.2) is 0 Å². The zero-order valence-corrected chi connectivity index (χ0v) is 27.0. The fourth-order valence-corrected chi connectivity index (χ4v) is 6.73. The predicted octanol–water partition coefficient (Wildman–Crippen LogP) is 6.12. The van der Waals surface area contributed by atoms with Gasteiger partial charge >= 0.3 is 0 Å². The lowest BCUT2D eigenvalue weighted by Crippen LogP contribution is -2.54. The molecule has 3 aromatic rings. The molecule has 0 bridgehead atoms. The molecule has 1 N–H and O–H groups in total. The molecule has 1 atom stereocenters. The van der Waals surface area contributed by atoms with E-state index in [9.17, 15) is 18.0 Å². The molecule has 43 heavy (non-hydrogen) atoms. The fourth-order valence-electron chi connectivity index (χ4n) is 5.19. The summed E-state index contributed by atoms with van der Waals surface area (Å²) >= 11 is 18.7. The third-order valence-electron chi connectivity index (χ3n) is 7.40. The summed E-state index contributed by atoms with van der Waals surface area (Å²) in [6.07, 6.45) is 4.97. The van der Waals surface area contributed by atoms with Gasteiger partial charge in [0.1, 0.15) is 18.3 Å². The normalized spacial score (nSPS) is 14.3. The van der Waals surface area contributed by atoms with Crippen molar-refractivity contribution in [2.24, 2.45) is 0 Å². The Bertz CT molecular complexity index is 1550. The number of sulfonamides is 1. The zero-order valence-electron chi connectivity index (χ0n) is 23.9. The van der Waals surface area contributed by atoms with Crippen LogP contribution in [0.15, 0.2) is 66.7 Å². The molecule has 0 aromatic heterocycles. The van der Waals surface area contributed by atoms with Crippen LogP contribution < -0.4 is 14.4 Å². The van der Waals surface area contributed by atoms with Gasteiger partial charge in [0, 0.05) is 19.0 Å². The van der Waals surface area contributed by atoms with Gasteiger partial charge in [0.2, 0.25) is 21.8 Å². The summed E-state index contributed by atoms with van der Waals surface area (Å²) in [7, 11) is -2.48. The van der Waals surface area contributed by atoms with Crippen LogP contribution in [0.4, 0.5) is 5.69 Å². The van der Waals surface area contributed by atoms with Crippen LogP contribution in [-0.2, 0) is 32.6 Å². The second-order valence-corrected chi connectivity index (χ2v) is 13.7. The predicted molar refractivity (Wildman–Crippen MR) is 172 cm³/mol. The van der Waals surface area contributed by atoms with Crippen molar-refractivity contribution in [1.82, 2.24) is 10.2 Å². The Balaban J connectivity index is 1.76. The molecule has 230 valence electrons.